The van der Waals surface area contributed by atoms with E-state index in [0.717, 1.165) is 16.8 Å². The van der Waals surface area contributed by atoms with Gasteiger partial charge in [0.15, 0.2) is 0 Å². The maximum atomic E-state index is 13.4. The quantitative estimate of drug-likeness (QED) is 0.678. The first-order valence-corrected chi connectivity index (χ1v) is 4.88. The van der Waals surface area contributed by atoms with Crippen LogP contribution in [0.1, 0.15) is 22.5 Å². The van der Waals surface area contributed by atoms with Gasteiger partial charge in [-0.25, -0.2) is 4.39 Å². The van der Waals surface area contributed by atoms with Crippen molar-refractivity contribution in [3.63, 3.8) is 0 Å². The third-order valence-corrected chi connectivity index (χ3v) is 2.61. The van der Waals surface area contributed by atoms with Crippen molar-refractivity contribution in [2.24, 2.45) is 0 Å². The average Bonchev–Trinajstić information content (AvgIpc) is 2.02. The summed E-state index contributed by atoms with van der Waals surface area (Å²) in [5, 5.41) is 0.550. The lowest BCUT2D eigenvalue weighted by Crippen LogP contribution is -2.01. The lowest BCUT2D eigenvalue weighted by molar-refractivity contribution is 0.595. The molecule has 3 heteroatoms. The summed E-state index contributed by atoms with van der Waals surface area (Å²) in [6.45, 7) is 5.48. The summed E-state index contributed by atoms with van der Waals surface area (Å²) >= 11 is 3.26. The molecule has 0 spiro atoms. The Labute approximate surface area is 80.1 Å². The van der Waals surface area contributed by atoms with Crippen molar-refractivity contribution in [1.82, 2.24) is 4.98 Å². The van der Waals surface area contributed by atoms with Crippen LogP contribution in [0.3, 0.4) is 0 Å². The molecule has 0 radical (unpaired) electrons. The fraction of sp³-hybridized carbons (Fsp3) is 0.444. The molecule has 0 aliphatic carbocycles. The smallest absolute Gasteiger partial charge is 0.148 e. The fourth-order valence-corrected chi connectivity index (χ4v) is 1.81. The molecule has 0 saturated carbocycles. The number of hydrogen-bond acceptors (Lipinski definition) is 1. The maximum Gasteiger partial charge on any atom is 0.148 e. The zero-order valence-electron chi connectivity index (χ0n) is 7.41. The molecule has 1 aromatic heterocycles. The van der Waals surface area contributed by atoms with E-state index in [1.807, 2.05) is 13.8 Å². The van der Waals surface area contributed by atoms with Gasteiger partial charge in [0.1, 0.15) is 5.82 Å². The van der Waals surface area contributed by atoms with Gasteiger partial charge >= 0.3 is 0 Å². The zero-order valence-corrected chi connectivity index (χ0v) is 9.00. The molecule has 0 amide bonds. The second kappa shape index (κ2) is 3.52. The standard InChI is InChI=1S/C9H11BrFN/c1-5-6(2)12-7(3)9(11)8(5)4-10/h4H2,1-3H3. The van der Waals surface area contributed by atoms with E-state index >= 15 is 0 Å². The first-order chi connectivity index (χ1) is 5.57. The Morgan fingerprint density at radius 3 is 2.33 bits per heavy atom. The van der Waals surface area contributed by atoms with Crippen LogP contribution < -0.4 is 0 Å². The van der Waals surface area contributed by atoms with Crippen molar-refractivity contribution in [2.45, 2.75) is 26.1 Å². The van der Waals surface area contributed by atoms with Crippen molar-refractivity contribution in [1.29, 1.82) is 0 Å². The van der Waals surface area contributed by atoms with E-state index in [4.69, 9.17) is 0 Å². The summed E-state index contributed by atoms with van der Waals surface area (Å²) in [6, 6.07) is 0. The van der Waals surface area contributed by atoms with Gasteiger partial charge in [-0.05, 0) is 26.3 Å². The Bertz CT molecular complexity index is 284. The number of nitrogens with zero attached hydrogens (tertiary/aromatic N) is 1. The van der Waals surface area contributed by atoms with Gasteiger partial charge in [-0.2, -0.15) is 0 Å². The topological polar surface area (TPSA) is 12.9 Å². The Morgan fingerprint density at radius 1 is 1.25 bits per heavy atom. The van der Waals surface area contributed by atoms with E-state index in [2.05, 4.69) is 20.9 Å². The van der Waals surface area contributed by atoms with Crippen molar-refractivity contribution in [2.75, 3.05) is 0 Å². The Kier molecular flexibility index (Phi) is 2.83. The van der Waals surface area contributed by atoms with E-state index in [0.29, 0.717) is 11.0 Å². The molecule has 0 unspecified atom stereocenters. The van der Waals surface area contributed by atoms with Gasteiger partial charge in [0.25, 0.3) is 0 Å². The summed E-state index contributed by atoms with van der Waals surface area (Å²) in [5.74, 6) is -0.185. The van der Waals surface area contributed by atoms with Gasteiger partial charge in [-0.1, -0.05) is 15.9 Å². The van der Waals surface area contributed by atoms with Gasteiger partial charge in [-0.15, -0.1) is 0 Å². The van der Waals surface area contributed by atoms with E-state index < -0.39 is 0 Å². The number of rotatable bonds is 1. The number of aryl methyl sites for hydroxylation is 2. The summed E-state index contributed by atoms with van der Waals surface area (Å²) < 4.78 is 13.4. The molecule has 0 aliphatic rings. The molecule has 0 N–H and O–H groups in total. The van der Waals surface area contributed by atoms with Crippen LogP contribution in [0.15, 0.2) is 0 Å². The minimum absolute atomic E-state index is 0.185. The number of aromatic nitrogens is 1. The predicted octanol–water partition coefficient (Wildman–Crippen LogP) is 3.04. The molecular weight excluding hydrogens is 221 g/mol. The van der Waals surface area contributed by atoms with E-state index in [1.165, 1.54) is 0 Å². The molecule has 0 saturated heterocycles. The van der Waals surface area contributed by atoms with Crippen LogP contribution in [0.2, 0.25) is 0 Å². The SMILES string of the molecule is Cc1nc(C)c(F)c(CBr)c1C. The molecule has 1 aromatic rings. The van der Waals surface area contributed by atoms with Crippen molar-refractivity contribution < 1.29 is 4.39 Å². The summed E-state index contributed by atoms with van der Waals surface area (Å²) in [5.41, 5.74) is 3.05. The summed E-state index contributed by atoms with van der Waals surface area (Å²) in [4.78, 5) is 4.09. The van der Waals surface area contributed by atoms with E-state index in [1.54, 1.807) is 6.92 Å². The van der Waals surface area contributed by atoms with Gasteiger partial charge in [-0.3, -0.25) is 4.98 Å². The second-order valence-electron chi connectivity index (χ2n) is 2.83. The summed E-state index contributed by atoms with van der Waals surface area (Å²) in [7, 11) is 0. The van der Waals surface area contributed by atoms with Crippen molar-refractivity contribution >= 4 is 15.9 Å². The average molecular weight is 232 g/mol. The highest BCUT2D eigenvalue weighted by molar-refractivity contribution is 9.08. The minimum atomic E-state index is -0.185. The van der Waals surface area contributed by atoms with Gasteiger partial charge in [0.05, 0.1) is 5.69 Å². The normalized spacial score (nSPS) is 10.4. The number of hydrogen-bond donors (Lipinski definition) is 0. The largest absolute Gasteiger partial charge is 0.255 e. The molecule has 12 heavy (non-hydrogen) atoms. The van der Waals surface area contributed by atoms with Crippen LogP contribution >= 0.6 is 15.9 Å². The third-order valence-electron chi connectivity index (χ3n) is 2.05. The minimum Gasteiger partial charge on any atom is -0.255 e. The molecule has 0 aliphatic heterocycles. The lowest BCUT2D eigenvalue weighted by atomic mass is 10.1. The predicted molar refractivity (Wildman–Crippen MR) is 51.0 cm³/mol. The zero-order chi connectivity index (χ0) is 9.30. The molecule has 0 atom stereocenters. The monoisotopic (exact) mass is 231 g/mol. The number of halogens is 2. The molecule has 0 fully saturated rings. The molecule has 66 valence electrons. The highest BCUT2D eigenvalue weighted by Crippen LogP contribution is 2.20. The molecule has 1 heterocycles. The Balaban J connectivity index is 3.42. The highest BCUT2D eigenvalue weighted by Gasteiger charge is 2.10. The van der Waals surface area contributed by atoms with Crippen LogP contribution in [0.5, 0.6) is 0 Å². The van der Waals surface area contributed by atoms with Crippen LogP contribution in [0, 0.1) is 26.6 Å². The van der Waals surface area contributed by atoms with Gasteiger partial charge in [0, 0.05) is 16.6 Å². The molecule has 0 bridgehead atoms. The van der Waals surface area contributed by atoms with Gasteiger partial charge < -0.3 is 0 Å². The van der Waals surface area contributed by atoms with Crippen LogP contribution in [0.25, 0.3) is 0 Å². The van der Waals surface area contributed by atoms with Gasteiger partial charge in [0.2, 0.25) is 0 Å². The maximum absolute atomic E-state index is 13.4. The molecule has 1 rings (SSSR count). The number of alkyl halides is 1. The second-order valence-corrected chi connectivity index (χ2v) is 3.39. The Hall–Kier alpha value is -0.440. The summed E-state index contributed by atoms with van der Waals surface area (Å²) in [6.07, 6.45) is 0. The third kappa shape index (κ3) is 1.51. The highest BCUT2D eigenvalue weighted by atomic mass is 79.9. The first-order valence-electron chi connectivity index (χ1n) is 3.76. The lowest BCUT2D eigenvalue weighted by Gasteiger charge is -2.08. The Morgan fingerprint density at radius 2 is 1.83 bits per heavy atom. The molecule has 0 aromatic carbocycles. The van der Waals surface area contributed by atoms with E-state index in [-0.39, 0.29) is 5.82 Å². The van der Waals surface area contributed by atoms with Crippen molar-refractivity contribution in [3.05, 3.63) is 28.3 Å². The van der Waals surface area contributed by atoms with Crippen LogP contribution in [0.4, 0.5) is 4.39 Å². The number of pyridine rings is 1. The van der Waals surface area contributed by atoms with Crippen LogP contribution in [-0.2, 0) is 5.33 Å². The fourth-order valence-electron chi connectivity index (χ4n) is 1.14. The molecular formula is C9H11BrFN. The van der Waals surface area contributed by atoms with Crippen molar-refractivity contribution in [3.8, 4) is 0 Å². The van der Waals surface area contributed by atoms with E-state index in [9.17, 15) is 4.39 Å². The first kappa shape index (κ1) is 9.65. The van der Waals surface area contributed by atoms with Crippen LogP contribution in [-0.4, -0.2) is 4.98 Å². The molecule has 1 nitrogen and oxygen atoms in total.